The van der Waals surface area contributed by atoms with Crippen molar-refractivity contribution in [2.45, 2.75) is 6.92 Å². The summed E-state index contributed by atoms with van der Waals surface area (Å²) in [5, 5.41) is 10.3. The number of phenolic OH excluding ortho intramolecular Hbond substituents is 1. The molecule has 2 aromatic rings. The predicted octanol–water partition coefficient (Wildman–Crippen LogP) is 2.48. The number of hydrogen-bond donors (Lipinski definition) is 3. The molecule has 1 amide bonds. The van der Waals surface area contributed by atoms with Crippen molar-refractivity contribution in [3.8, 4) is 22.6 Å². The lowest BCUT2D eigenvalue weighted by Crippen LogP contribution is -2.24. The van der Waals surface area contributed by atoms with E-state index in [1.807, 2.05) is 0 Å². The zero-order valence-electron chi connectivity index (χ0n) is 13.5. The maximum atomic E-state index is 13.8. The van der Waals surface area contributed by atoms with Crippen molar-refractivity contribution < 1.29 is 19.0 Å². The molecule has 0 aliphatic heterocycles. The van der Waals surface area contributed by atoms with Crippen LogP contribution in [0.1, 0.15) is 15.9 Å². The smallest absolute Gasteiger partial charge is 0.283 e. The van der Waals surface area contributed by atoms with Crippen LogP contribution in [0.3, 0.4) is 0 Å². The lowest BCUT2D eigenvalue weighted by Gasteiger charge is -2.16. The first-order valence-electron chi connectivity index (χ1n) is 7.02. The third-order valence-corrected chi connectivity index (χ3v) is 3.46. The number of halogens is 1. The molecule has 2 rings (SSSR count). The van der Waals surface area contributed by atoms with Crippen molar-refractivity contribution >= 4 is 17.6 Å². The fraction of sp³-hybridized carbons (Fsp3) is 0.118. The largest absolute Gasteiger partial charge is 0.507 e. The number of amides is 1. The van der Waals surface area contributed by atoms with Crippen molar-refractivity contribution in [3.63, 3.8) is 0 Å². The molecule has 0 unspecified atom stereocenters. The molecule has 8 heteroatoms. The van der Waals surface area contributed by atoms with Gasteiger partial charge in [0.25, 0.3) is 5.91 Å². The van der Waals surface area contributed by atoms with Crippen LogP contribution < -0.4 is 16.2 Å². The number of ether oxygens (including phenoxy) is 1. The van der Waals surface area contributed by atoms with Crippen LogP contribution in [0.25, 0.3) is 16.0 Å². The second kappa shape index (κ2) is 6.88. The first-order chi connectivity index (χ1) is 11.8. The fourth-order valence-corrected chi connectivity index (χ4v) is 2.46. The van der Waals surface area contributed by atoms with Crippen LogP contribution in [-0.4, -0.2) is 24.1 Å². The zero-order chi connectivity index (χ0) is 18.7. The number of guanidine groups is 1. The van der Waals surface area contributed by atoms with Gasteiger partial charge in [-0.15, -0.1) is 0 Å². The maximum Gasteiger partial charge on any atom is 0.283 e. The molecule has 0 atom stereocenters. The Labute approximate surface area is 143 Å². The number of carbonyl (C=O) groups is 1. The average Bonchev–Trinajstić information content (AvgIpc) is 2.53. The Kier molecular flexibility index (Phi) is 4.89. The molecule has 0 aliphatic carbocycles. The summed E-state index contributed by atoms with van der Waals surface area (Å²) in [6, 6.07) is 4.88. The van der Waals surface area contributed by atoms with Crippen molar-refractivity contribution in [3.05, 3.63) is 52.6 Å². The Balaban J connectivity index is 2.98. The minimum absolute atomic E-state index is 0.00106. The standard InChI is InChI=1S/C17H15FN4O3/c1-8-6-11(23)14(16(24)22-17(19)20)13(15(8)21-2)10-7-9(18)4-5-12(10)25-3/h4-7,23H,1,3H3,(H4,19,20,22,24). The first-order valence-corrected chi connectivity index (χ1v) is 7.02. The fourth-order valence-electron chi connectivity index (χ4n) is 2.46. The SMILES string of the molecule is [C-]#[N+]c1c(C)cc(O)c(C(=O)N=C(N)N)c1-c1cc(F)ccc1OC. The van der Waals surface area contributed by atoms with Gasteiger partial charge in [0.2, 0.25) is 0 Å². The van der Waals surface area contributed by atoms with Crippen LogP contribution in [0, 0.1) is 19.3 Å². The minimum Gasteiger partial charge on any atom is -0.507 e. The number of carbonyl (C=O) groups excluding carboxylic acids is 1. The van der Waals surface area contributed by atoms with E-state index in [2.05, 4.69) is 9.84 Å². The maximum absolute atomic E-state index is 13.8. The number of benzene rings is 2. The average molecular weight is 342 g/mol. The molecule has 0 radical (unpaired) electrons. The molecule has 128 valence electrons. The van der Waals surface area contributed by atoms with Crippen LogP contribution >= 0.6 is 0 Å². The van der Waals surface area contributed by atoms with Gasteiger partial charge in [-0.2, -0.15) is 4.99 Å². The van der Waals surface area contributed by atoms with E-state index < -0.39 is 23.4 Å². The van der Waals surface area contributed by atoms with Crippen LogP contribution in [0.4, 0.5) is 10.1 Å². The quantitative estimate of drug-likeness (QED) is 0.450. The highest BCUT2D eigenvalue weighted by molar-refractivity contribution is 6.11. The van der Waals surface area contributed by atoms with Gasteiger partial charge in [0, 0.05) is 11.1 Å². The number of aromatic hydroxyl groups is 1. The van der Waals surface area contributed by atoms with E-state index in [0.29, 0.717) is 5.56 Å². The molecule has 0 aliphatic rings. The summed E-state index contributed by atoms with van der Waals surface area (Å²) in [4.78, 5) is 19.2. The Morgan fingerprint density at radius 2 is 2.04 bits per heavy atom. The molecule has 0 spiro atoms. The lowest BCUT2D eigenvalue weighted by molar-refractivity contribution is 0.100. The molecule has 2 aromatic carbocycles. The number of hydrogen-bond acceptors (Lipinski definition) is 3. The predicted molar refractivity (Wildman–Crippen MR) is 91.2 cm³/mol. The summed E-state index contributed by atoms with van der Waals surface area (Å²) in [7, 11) is 1.36. The summed E-state index contributed by atoms with van der Waals surface area (Å²) < 4.78 is 19.0. The first kappa shape index (κ1) is 17.7. The van der Waals surface area contributed by atoms with Gasteiger partial charge in [0.1, 0.15) is 17.3 Å². The highest BCUT2D eigenvalue weighted by Gasteiger charge is 2.25. The normalized spacial score (nSPS) is 10.0. The van der Waals surface area contributed by atoms with Gasteiger partial charge in [-0.1, -0.05) is 0 Å². The number of nitrogens with zero attached hydrogens (tertiary/aromatic N) is 2. The van der Waals surface area contributed by atoms with Crippen LogP contribution in [0.5, 0.6) is 11.5 Å². The molecular weight excluding hydrogens is 327 g/mol. The summed E-state index contributed by atoms with van der Waals surface area (Å²) >= 11 is 0. The summed E-state index contributed by atoms with van der Waals surface area (Å²) in [5.74, 6) is -2.28. The van der Waals surface area contributed by atoms with Gasteiger partial charge in [-0.05, 0) is 36.8 Å². The van der Waals surface area contributed by atoms with E-state index in [0.717, 1.165) is 6.07 Å². The Hall–Kier alpha value is -3.60. The van der Waals surface area contributed by atoms with Crippen molar-refractivity contribution in [2.75, 3.05) is 7.11 Å². The molecule has 0 saturated carbocycles. The van der Waals surface area contributed by atoms with Crippen molar-refractivity contribution in [1.29, 1.82) is 0 Å². The summed E-state index contributed by atoms with van der Waals surface area (Å²) in [5.41, 5.74) is 10.7. The highest BCUT2D eigenvalue weighted by atomic mass is 19.1. The van der Waals surface area contributed by atoms with Crippen molar-refractivity contribution in [2.24, 2.45) is 16.5 Å². The van der Waals surface area contributed by atoms with E-state index in [4.69, 9.17) is 22.8 Å². The van der Waals surface area contributed by atoms with Gasteiger partial charge in [-0.25, -0.2) is 9.24 Å². The van der Waals surface area contributed by atoms with Gasteiger partial charge in [-0.3, -0.25) is 4.79 Å². The number of phenols is 1. The number of aryl methyl sites for hydroxylation is 1. The van der Waals surface area contributed by atoms with Crippen LogP contribution in [0.15, 0.2) is 29.3 Å². The Bertz CT molecular complexity index is 928. The van der Waals surface area contributed by atoms with E-state index in [-0.39, 0.29) is 28.1 Å². The molecular formula is C17H15FN4O3. The zero-order valence-corrected chi connectivity index (χ0v) is 13.5. The summed E-state index contributed by atoms with van der Waals surface area (Å²) in [6.45, 7) is 9.00. The van der Waals surface area contributed by atoms with Gasteiger partial charge < -0.3 is 21.3 Å². The summed E-state index contributed by atoms with van der Waals surface area (Å²) in [6.07, 6.45) is 0. The van der Waals surface area contributed by atoms with Crippen LogP contribution in [-0.2, 0) is 0 Å². The van der Waals surface area contributed by atoms with E-state index >= 15 is 0 Å². The third-order valence-electron chi connectivity index (χ3n) is 3.46. The van der Waals surface area contributed by atoms with Gasteiger partial charge >= 0.3 is 0 Å². The van der Waals surface area contributed by atoms with Crippen LogP contribution in [0.2, 0.25) is 0 Å². The number of rotatable bonds is 3. The second-order valence-electron chi connectivity index (χ2n) is 5.11. The third kappa shape index (κ3) is 3.35. The molecule has 0 aromatic heterocycles. The molecule has 7 nitrogen and oxygen atoms in total. The number of nitrogens with two attached hydrogens (primary N) is 2. The van der Waals surface area contributed by atoms with E-state index in [1.54, 1.807) is 6.92 Å². The highest BCUT2D eigenvalue weighted by Crippen LogP contribution is 2.45. The topological polar surface area (TPSA) is 115 Å². The molecule has 0 fully saturated rings. The van der Waals surface area contributed by atoms with Crippen molar-refractivity contribution in [1.82, 2.24) is 0 Å². The lowest BCUT2D eigenvalue weighted by atomic mass is 9.93. The molecule has 25 heavy (non-hydrogen) atoms. The molecule has 0 saturated heterocycles. The molecule has 0 bridgehead atoms. The van der Waals surface area contributed by atoms with Gasteiger partial charge in [0.05, 0.1) is 19.2 Å². The monoisotopic (exact) mass is 342 g/mol. The Morgan fingerprint density at radius 3 is 2.60 bits per heavy atom. The number of methoxy groups -OCH3 is 1. The molecule has 5 N–H and O–H groups in total. The minimum atomic E-state index is -0.955. The van der Waals surface area contributed by atoms with E-state index in [9.17, 15) is 14.3 Å². The number of aliphatic imine (C=N–C) groups is 1. The van der Waals surface area contributed by atoms with E-state index in [1.165, 1.54) is 25.3 Å². The van der Waals surface area contributed by atoms with Gasteiger partial charge in [0.15, 0.2) is 11.6 Å². The molecule has 0 heterocycles. The second-order valence-corrected chi connectivity index (χ2v) is 5.11. The Morgan fingerprint density at radius 1 is 1.36 bits per heavy atom.